The second-order valence-corrected chi connectivity index (χ2v) is 16.0. The minimum atomic E-state index is 1.12. The van der Waals surface area contributed by atoms with E-state index in [1.165, 1.54) is 88.2 Å². The first kappa shape index (κ1) is 35.7. The van der Waals surface area contributed by atoms with Gasteiger partial charge >= 0.3 is 0 Å². The summed E-state index contributed by atoms with van der Waals surface area (Å²) in [6, 6.07) is 88.5. The Morgan fingerprint density at radius 2 is 0.581 bits per heavy atom. The minimum absolute atomic E-state index is 1.12. The lowest BCUT2D eigenvalue weighted by molar-refractivity contribution is 1.10. The van der Waals surface area contributed by atoms with Gasteiger partial charge in [0.05, 0.1) is 33.4 Å². The molecule has 0 N–H and O–H groups in total. The van der Waals surface area contributed by atoms with Crippen LogP contribution < -0.4 is 0 Å². The van der Waals surface area contributed by atoms with Gasteiger partial charge in [0.2, 0.25) is 0 Å². The summed E-state index contributed by atoms with van der Waals surface area (Å²) in [5.74, 6) is 0. The standard InChI is InChI=1S/C60H40N2/c1-4-20-41(21-5-1)45-26-10-11-28-47(45)44-36-37-57-53(38-44)54-39-52(48-29-13-12-27-46(48)42-22-6-2-7-23-42)51(43-24-8-3-9-25-43)40-60(54)62(57)59-35-19-18-34-58(59)61-55-32-16-14-30-49(55)50-31-15-17-33-56(50)61/h1-40H. The first-order valence-electron chi connectivity index (χ1n) is 21.4. The van der Waals surface area contributed by atoms with Crippen molar-refractivity contribution in [3.05, 3.63) is 243 Å². The molecule has 0 fully saturated rings. The average Bonchev–Trinajstić information content (AvgIpc) is 3.86. The smallest absolute Gasteiger partial charge is 0.0702 e. The molecule has 0 atom stereocenters. The molecule has 0 aliphatic heterocycles. The van der Waals surface area contributed by atoms with Crippen molar-refractivity contribution in [3.63, 3.8) is 0 Å². The van der Waals surface area contributed by atoms with Crippen molar-refractivity contribution < 1.29 is 0 Å². The largest absolute Gasteiger partial charge is 0.307 e. The highest BCUT2D eigenvalue weighted by Gasteiger charge is 2.23. The van der Waals surface area contributed by atoms with Crippen molar-refractivity contribution in [2.45, 2.75) is 0 Å². The van der Waals surface area contributed by atoms with Crippen molar-refractivity contribution in [1.29, 1.82) is 0 Å². The van der Waals surface area contributed by atoms with Gasteiger partial charge in [-0.3, -0.25) is 0 Å². The molecule has 12 rings (SSSR count). The molecule has 2 aromatic heterocycles. The summed E-state index contributed by atoms with van der Waals surface area (Å²) >= 11 is 0. The molecule has 62 heavy (non-hydrogen) atoms. The molecule has 2 heteroatoms. The van der Waals surface area contributed by atoms with E-state index in [0.29, 0.717) is 0 Å². The molecule has 0 unspecified atom stereocenters. The Kier molecular flexibility index (Phi) is 8.53. The highest BCUT2D eigenvalue weighted by atomic mass is 15.1. The predicted octanol–water partition coefficient (Wildman–Crippen LogP) is 16.2. The van der Waals surface area contributed by atoms with Crippen LogP contribution >= 0.6 is 0 Å². The summed E-state index contributed by atoms with van der Waals surface area (Å²) in [6.45, 7) is 0. The fourth-order valence-electron chi connectivity index (χ4n) is 9.79. The molecule has 2 nitrogen and oxygen atoms in total. The quantitative estimate of drug-likeness (QED) is 0.152. The van der Waals surface area contributed by atoms with Gasteiger partial charge in [0.25, 0.3) is 0 Å². The van der Waals surface area contributed by atoms with E-state index in [1.807, 2.05) is 0 Å². The van der Waals surface area contributed by atoms with Crippen LogP contribution in [-0.2, 0) is 0 Å². The Labute approximate surface area is 360 Å². The highest BCUT2D eigenvalue weighted by Crippen LogP contribution is 2.46. The van der Waals surface area contributed by atoms with Gasteiger partial charge in [0.1, 0.15) is 0 Å². The fraction of sp³-hybridized carbons (Fsp3) is 0. The van der Waals surface area contributed by atoms with Gasteiger partial charge in [-0.1, -0.05) is 194 Å². The lowest BCUT2D eigenvalue weighted by atomic mass is 9.88. The van der Waals surface area contributed by atoms with E-state index in [9.17, 15) is 0 Å². The van der Waals surface area contributed by atoms with Crippen LogP contribution in [-0.4, -0.2) is 9.13 Å². The van der Waals surface area contributed by atoms with Gasteiger partial charge in [-0.25, -0.2) is 0 Å². The molecule has 10 aromatic carbocycles. The topological polar surface area (TPSA) is 9.86 Å². The molecule has 0 aliphatic carbocycles. The molecule has 0 amide bonds. The Hall–Kier alpha value is -8.20. The number of aromatic nitrogens is 2. The monoisotopic (exact) mass is 788 g/mol. The molecule has 0 saturated carbocycles. The van der Waals surface area contributed by atoms with Crippen LogP contribution in [0, 0.1) is 0 Å². The van der Waals surface area contributed by atoms with Crippen LogP contribution in [0.5, 0.6) is 0 Å². The SMILES string of the molecule is c1ccc(-c2ccccc2-c2ccc3c(c2)c2cc(-c4ccccc4-c4ccccc4)c(-c4ccccc4)cc2n3-c2ccccc2-n2c3ccccc3c3ccccc32)cc1. The summed E-state index contributed by atoms with van der Waals surface area (Å²) in [4.78, 5) is 0. The Morgan fingerprint density at radius 1 is 0.194 bits per heavy atom. The van der Waals surface area contributed by atoms with Crippen LogP contribution in [0.15, 0.2) is 243 Å². The van der Waals surface area contributed by atoms with Crippen LogP contribution in [0.1, 0.15) is 0 Å². The summed E-state index contributed by atoms with van der Waals surface area (Å²) < 4.78 is 4.96. The zero-order valence-corrected chi connectivity index (χ0v) is 34.0. The zero-order chi connectivity index (χ0) is 41.0. The maximum atomic E-state index is 2.51. The van der Waals surface area contributed by atoms with Crippen molar-refractivity contribution in [2.24, 2.45) is 0 Å². The Morgan fingerprint density at radius 3 is 1.15 bits per heavy atom. The van der Waals surface area contributed by atoms with Crippen molar-refractivity contribution >= 4 is 43.6 Å². The number of rotatable bonds is 7. The van der Waals surface area contributed by atoms with Gasteiger partial charge in [-0.05, 0) is 104 Å². The molecule has 0 saturated heterocycles. The van der Waals surface area contributed by atoms with Crippen LogP contribution in [0.25, 0.3) is 111 Å². The van der Waals surface area contributed by atoms with Crippen molar-refractivity contribution in [3.8, 4) is 67.0 Å². The first-order chi connectivity index (χ1) is 30.8. The molecular weight excluding hydrogens is 749 g/mol. The van der Waals surface area contributed by atoms with Gasteiger partial charge < -0.3 is 9.13 Å². The number of para-hydroxylation sites is 4. The molecule has 290 valence electrons. The number of benzene rings is 10. The maximum absolute atomic E-state index is 2.51. The van der Waals surface area contributed by atoms with Gasteiger partial charge in [-0.15, -0.1) is 0 Å². The summed E-state index contributed by atoms with van der Waals surface area (Å²) in [5.41, 5.74) is 18.9. The Balaban J connectivity index is 1.20. The normalized spacial score (nSPS) is 11.5. The minimum Gasteiger partial charge on any atom is -0.307 e. The van der Waals surface area contributed by atoms with E-state index in [-0.39, 0.29) is 0 Å². The molecule has 0 spiro atoms. The third-order valence-electron chi connectivity index (χ3n) is 12.6. The molecule has 12 aromatic rings. The van der Waals surface area contributed by atoms with Crippen LogP contribution in [0.3, 0.4) is 0 Å². The molecule has 2 heterocycles. The summed E-state index contributed by atoms with van der Waals surface area (Å²) in [5, 5.41) is 4.90. The van der Waals surface area contributed by atoms with E-state index in [1.54, 1.807) is 0 Å². The van der Waals surface area contributed by atoms with Gasteiger partial charge in [0.15, 0.2) is 0 Å². The highest BCUT2D eigenvalue weighted by molar-refractivity contribution is 6.15. The van der Waals surface area contributed by atoms with Crippen LogP contribution in [0.4, 0.5) is 0 Å². The number of nitrogens with zero attached hydrogens (tertiary/aromatic N) is 2. The second kappa shape index (κ2) is 14.8. The first-order valence-corrected chi connectivity index (χ1v) is 21.4. The average molecular weight is 789 g/mol. The molecular formula is C60H40N2. The number of fused-ring (bicyclic) bond motifs is 6. The predicted molar refractivity (Wildman–Crippen MR) is 262 cm³/mol. The zero-order valence-electron chi connectivity index (χ0n) is 34.0. The number of hydrogen-bond acceptors (Lipinski definition) is 0. The van der Waals surface area contributed by atoms with E-state index in [4.69, 9.17) is 0 Å². The van der Waals surface area contributed by atoms with E-state index >= 15 is 0 Å². The lowest BCUT2D eigenvalue weighted by Crippen LogP contribution is -2.03. The second-order valence-electron chi connectivity index (χ2n) is 16.0. The van der Waals surface area contributed by atoms with Crippen molar-refractivity contribution in [1.82, 2.24) is 9.13 Å². The van der Waals surface area contributed by atoms with Crippen LogP contribution in [0.2, 0.25) is 0 Å². The third-order valence-corrected chi connectivity index (χ3v) is 12.6. The van der Waals surface area contributed by atoms with E-state index in [0.717, 1.165) is 22.4 Å². The third kappa shape index (κ3) is 5.80. The molecule has 0 aliphatic rings. The molecule has 0 bridgehead atoms. The lowest BCUT2D eigenvalue weighted by Gasteiger charge is -2.18. The maximum Gasteiger partial charge on any atom is 0.0702 e. The van der Waals surface area contributed by atoms with Gasteiger partial charge in [0, 0.05) is 21.5 Å². The van der Waals surface area contributed by atoms with Gasteiger partial charge in [-0.2, -0.15) is 0 Å². The van der Waals surface area contributed by atoms with Crippen molar-refractivity contribution in [2.75, 3.05) is 0 Å². The number of hydrogen-bond donors (Lipinski definition) is 0. The summed E-state index contributed by atoms with van der Waals surface area (Å²) in [6.07, 6.45) is 0. The fourth-order valence-corrected chi connectivity index (χ4v) is 9.79. The van der Waals surface area contributed by atoms with E-state index in [2.05, 4.69) is 252 Å². The summed E-state index contributed by atoms with van der Waals surface area (Å²) in [7, 11) is 0. The van der Waals surface area contributed by atoms with E-state index < -0.39 is 0 Å². The Bertz CT molecular complexity index is 3560. The molecule has 0 radical (unpaired) electrons.